The maximum atomic E-state index is 5.52. The molecule has 0 aromatic carbocycles. The zero-order valence-electron chi connectivity index (χ0n) is 8.33. The maximum absolute atomic E-state index is 5.52. The Kier molecular flexibility index (Phi) is 3.31. The first-order valence-corrected chi connectivity index (χ1v) is 4.38. The lowest BCUT2D eigenvalue weighted by molar-refractivity contribution is 0.320. The quantitative estimate of drug-likeness (QED) is 0.762. The molecule has 0 saturated carbocycles. The highest BCUT2D eigenvalue weighted by molar-refractivity contribution is 5.26. The molecule has 2 N–H and O–H groups in total. The van der Waals surface area contributed by atoms with Gasteiger partial charge in [0.2, 0.25) is 0 Å². The van der Waals surface area contributed by atoms with E-state index in [4.69, 9.17) is 15.0 Å². The molecule has 1 atom stereocenters. The van der Waals surface area contributed by atoms with Crippen LogP contribution in [0.15, 0.2) is 4.52 Å². The van der Waals surface area contributed by atoms with E-state index in [1.807, 2.05) is 6.92 Å². The zero-order chi connectivity index (χ0) is 9.84. The Bertz CT molecular complexity index is 271. The summed E-state index contributed by atoms with van der Waals surface area (Å²) in [6.45, 7) is 4.67. The van der Waals surface area contributed by atoms with Crippen LogP contribution in [-0.2, 0) is 6.42 Å². The molecule has 74 valence electrons. The molecule has 0 amide bonds. The molecule has 4 nitrogen and oxygen atoms in total. The Morgan fingerprint density at radius 3 is 2.77 bits per heavy atom. The summed E-state index contributed by atoms with van der Waals surface area (Å²) in [5, 5.41) is 3.78. The fourth-order valence-corrected chi connectivity index (χ4v) is 1.13. The van der Waals surface area contributed by atoms with Crippen molar-refractivity contribution in [2.24, 2.45) is 11.7 Å². The Labute approximate surface area is 78.0 Å². The van der Waals surface area contributed by atoms with E-state index in [0.717, 1.165) is 17.7 Å². The molecule has 0 fully saturated rings. The molecule has 13 heavy (non-hydrogen) atoms. The van der Waals surface area contributed by atoms with Gasteiger partial charge < -0.3 is 15.0 Å². The van der Waals surface area contributed by atoms with Crippen LogP contribution in [0.5, 0.6) is 5.88 Å². The van der Waals surface area contributed by atoms with Crippen LogP contribution in [0.2, 0.25) is 0 Å². The minimum atomic E-state index is 0.413. The first-order chi connectivity index (χ1) is 6.19. The number of hydrogen-bond donors (Lipinski definition) is 1. The van der Waals surface area contributed by atoms with Crippen LogP contribution in [0.3, 0.4) is 0 Å². The van der Waals surface area contributed by atoms with Crippen molar-refractivity contribution in [3.05, 3.63) is 11.3 Å². The second-order valence-electron chi connectivity index (χ2n) is 3.29. The molecule has 1 aromatic heterocycles. The van der Waals surface area contributed by atoms with Crippen molar-refractivity contribution in [1.82, 2.24) is 5.16 Å². The van der Waals surface area contributed by atoms with Crippen molar-refractivity contribution >= 4 is 0 Å². The van der Waals surface area contributed by atoms with E-state index in [-0.39, 0.29) is 0 Å². The predicted octanol–water partition coefficient (Wildman–Crippen LogP) is 1.13. The lowest BCUT2D eigenvalue weighted by Crippen LogP contribution is -2.13. The van der Waals surface area contributed by atoms with Gasteiger partial charge in [-0.25, -0.2) is 0 Å². The van der Waals surface area contributed by atoms with Gasteiger partial charge in [-0.05, 0) is 24.5 Å². The fraction of sp³-hybridized carbons (Fsp3) is 0.667. The standard InChI is InChI=1S/C9H16N2O2/c1-6(5-10)4-8-7(2)9(12-3)11-13-8/h6H,4-5,10H2,1-3H3. The van der Waals surface area contributed by atoms with E-state index in [1.54, 1.807) is 7.11 Å². The average molecular weight is 184 g/mol. The normalized spacial score (nSPS) is 12.9. The molecule has 1 aromatic rings. The number of nitrogens with zero attached hydrogens (tertiary/aromatic N) is 1. The minimum Gasteiger partial charge on any atom is -0.479 e. The number of aromatic nitrogens is 1. The number of nitrogens with two attached hydrogens (primary N) is 1. The van der Waals surface area contributed by atoms with E-state index in [1.165, 1.54) is 0 Å². The fourth-order valence-electron chi connectivity index (χ4n) is 1.13. The third kappa shape index (κ3) is 2.21. The Morgan fingerprint density at radius 2 is 2.31 bits per heavy atom. The van der Waals surface area contributed by atoms with Crippen LogP contribution in [0.25, 0.3) is 0 Å². The van der Waals surface area contributed by atoms with Crippen molar-refractivity contribution in [2.45, 2.75) is 20.3 Å². The molecule has 1 unspecified atom stereocenters. The second kappa shape index (κ2) is 4.28. The molecule has 0 saturated heterocycles. The molecule has 0 aliphatic carbocycles. The number of methoxy groups -OCH3 is 1. The summed E-state index contributed by atoms with van der Waals surface area (Å²) >= 11 is 0. The van der Waals surface area contributed by atoms with Crippen LogP contribution in [0.1, 0.15) is 18.2 Å². The number of rotatable bonds is 4. The average Bonchev–Trinajstić information content (AvgIpc) is 2.48. The third-order valence-electron chi connectivity index (χ3n) is 2.11. The molecule has 0 aliphatic heterocycles. The van der Waals surface area contributed by atoms with Crippen molar-refractivity contribution in [1.29, 1.82) is 0 Å². The van der Waals surface area contributed by atoms with Gasteiger partial charge in [0.1, 0.15) is 5.76 Å². The molecule has 0 radical (unpaired) electrons. The predicted molar refractivity (Wildman–Crippen MR) is 49.7 cm³/mol. The highest BCUT2D eigenvalue weighted by Gasteiger charge is 2.13. The molecule has 0 aliphatic rings. The minimum absolute atomic E-state index is 0.413. The second-order valence-corrected chi connectivity index (χ2v) is 3.29. The Morgan fingerprint density at radius 1 is 1.62 bits per heavy atom. The van der Waals surface area contributed by atoms with Crippen molar-refractivity contribution in [3.63, 3.8) is 0 Å². The van der Waals surface area contributed by atoms with E-state index >= 15 is 0 Å². The van der Waals surface area contributed by atoms with E-state index in [0.29, 0.717) is 18.3 Å². The lowest BCUT2D eigenvalue weighted by atomic mass is 10.0. The first kappa shape index (κ1) is 10.1. The van der Waals surface area contributed by atoms with Crippen LogP contribution < -0.4 is 10.5 Å². The summed E-state index contributed by atoms with van der Waals surface area (Å²) in [6.07, 6.45) is 0.818. The topological polar surface area (TPSA) is 61.3 Å². The molecule has 0 bridgehead atoms. The van der Waals surface area contributed by atoms with Crippen LogP contribution >= 0.6 is 0 Å². The van der Waals surface area contributed by atoms with Gasteiger partial charge in [0.15, 0.2) is 0 Å². The van der Waals surface area contributed by atoms with E-state index in [2.05, 4.69) is 12.1 Å². The van der Waals surface area contributed by atoms with Gasteiger partial charge >= 0.3 is 0 Å². The Hall–Kier alpha value is -1.03. The van der Waals surface area contributed by atoms with Gasteiger partial charge in [0, 0.05) is 6.42 Å². The monoisotopic (exact) mass is 184 g/mol. The summed E-state index contributed by atoms with van der Waals surface area (Å²) in [5.41, 5.74) is 6.49. The maximum Gasteiger partial charge on any atom is 0.257 e. The van der Waals surface area contributed by atoms with Crippen molar-refractivity contribution in [3.8, 4) is 5.88 Å². The summed E-state index contributed by atoms with van der Waals surface area (Å²) in [6, 6.07) is 0. The van der Waals surface area contributed by atoms with Crippen LogP contribution in [0.4, 0.5) is 0 Å². The van der Waals surface area contributed by atoms with E-state index in [9.17, 15) is 0 Å². The molecule has 1 heterocycles. The lowest BCUT2D eigenvalue weighted by Gasteiger charge is -2.04. The first-order valence-electron chi connectivity index (χ1n) is 4.38. The zero-order valence-corrected chi connectivity index (χ0v) is 8.33. The highest BCUT2D eigenvalue weighted by atomic mass is 16.5. The van der Waals surface area contributed by atoms with Gasteiger partial charge in [-0.15, -0.1) is 0 Å². The van der Waals surface area contributed by atoms with Crippen LogP contribution in [-0.4, -0.2) is 18.8 Å². The SMILES string of the molecule is COc1noc(CC(C)CN)c1C. The summed E-state index contributed by atoms with van der Waals surface area (Å²) in [7, 11) is 1.58. The smallest absolute Gasteiger partial charge is 0.257 e. The molecule has 1 rings (SSSR count). The van der Waals surface area contributed by atoms with Gasteiger partial charge in [-0.2, -0.15) is 0 Å². The van der Waals surface area contributed by atoms with Gasteiger partial charge in [0.25, 0.3) is 5.88 Å². The molecule has 4 heteroatoms. The van der Waals surface area contributed by atoms with Crippen LogP contribution in [0, 0.1) is 12.8 Å². The van der Waals surface area contributed by atoms with Crippen molar-refractivity contribution in [2.75, 3.05) is 13.7 Å². The van der Waals surface area contributed by atoms with Gasteiger partial charge in [0.05, 0.1) is 12.7 Å². The highest BCUT2D eigenvalue weighted by Crippen LogP contribution is 2.21. The largest absolute Gasteiger partial charge is 0.479 e. The van der Waals surface area contributed by atoms with Gasteiger partial charge in [-0.1, -0.05) is 6.92 Å². The molecule has 0 spiro atoms. The van der Waals surface area contributed by atoms with Crippen molar-refractivity contribution < 1.29 is 9.26 Å². The summed E-state index contributed by atoms with van der Waals surface area (Å²) < 4.78 is 10.1. The summed E-state index contributed by atoms with van der Waals surface area (Å²) in [5.74, 6) is 1.85. The summed E-state index contributed by atoms with van der Waals surface area (Å²) in [4.78, 5) is 0. The number of ether oxygens (including phenoxy) is 1. The Balaban J connectivity index is 2.72. The number of hydrogen-bond acceptors (Lipinski definition) is 4. The van der Waals surface area contributed by atoms with E-state index < -0.39 is 0 Å². The third-order valence-corrected chi connectivity index (χ3v) is 2.11. The van der Waals surface area contributed by atoms with Gasteiger partial charge in [-0.3, -0.25) is 0 Å². The molecular weight excluding hydrogens is 168 g/mol. The molecular formula is C9H16N2O2.